The summed E-state index contributed by atoms with van der Waals surface area (Å²) in [5, 5.41) is 15.5. The molecule has 4 unspecified atom stereocenters. The Bertz CT molecular complexity index is 1400. The number of carbonyl (C=O) groups is 3. The number of hydrogen-bond acceptors (Lipinski definition) is 7. The topological polar surface area (TPSA) is 135 Å². The van der Waals surface area contributed by atoms with Gasteiger partial charge in [0.2, 0.25) is 0 Å². The largest absolute Gasteiger partial charge is 0.465 e. The molecule has 0 fully saturated rings. The summed E-state index contributed by atoms with van der Waals surface area (Å²) in [5.74, 6) is -1.10. The fourth-order valence-corrected chi connectivity index (χ4v) is 4.57. The second kappa shape index (κ2) is 10.8. The van der Waals surface area contributed by atoms with Gasteiger partial charge in [0.05, 0.1) is 41.8 Å². The van der Waals surface area contributed by atoms with Gasteiger partial charge in [0.25, 0.3) is 11.8 Å². The SMILES string of the molecule is COCC(c1cc2nc(C(NC(=O)O)C(C)OC(C)C(F)(F)F)cn2nc1Cl)N1C(=O)c2ccccc2C1=O. The molecule has 0 bridgehead atoms. The Hall–Kier alpha value is -3.75. The number of benzene rings is 1. The highest BCUT2D eigenvalue weighted by Crippen LogP contribution is 2.35. The van der Waals surface area contributed by atoms with Crippen LogP contribution in [0.5, 0.6) is 0 Å². The number of imide groups is 1. The van der Waals surface area contributed by atoms with Gasteiger partial charge in [-0.3, -0.25) is 14.5 Å². The summed E-state index contributed by atoms with van der Waals surface area (Å²) in [4.78, 5) is 43.0. The highest BCUT2D eigenvalue weighted by Gasteiger charge is 2.42. The maximum atomic E-state index is 13.1. The van der Waals surface area contributed by atoms with Crippen molar-refractivity contribution >= 4 is 35.2 Å². The highest BCUT2D eigenvalue weighted by molar-refractivity contribution is 6.30. The zero-order valence-corrected chi connectivity index (χ0v) is 21.5. The van der Waals surface area contributed by atoms with Crippen molar-refractivity contribution in [1.29, 1.82) is 0 Å². The van der Waals surface area contributed by atoms with E-state index in [4.69, 9.17) is 21.1 Å². The summed E-state index contributed by atoms with van der Waals surface area (Å²) >= 11 is 6.45. The van der Waals surface area contributed by atoms with E-state index in [1.807, 2.05) is 0 Å². The van der Waals surface area contributed by atoms with Gasteiger partial charge in [-0.15, -0.1) is 0 Å². The number of carbonyl (C=O) groups excluding carboxylic acids is 2. The second-order valence-electron chi connectivity index (χ2n) is 8.81. The number of methoxy groups -OCH3 is 1. The highest BCUT2D eigenvalue weighted by atomic mass is 35.5. The molecule has 3 amide bonds. The lowest BCUT2D eigenvalue weighted by atomic mass is 10.1. The van der Waals surface area contributed by atoms with E-state index in [0.29, 0.717) is 0 Å². The van der Waals surface area contributed by atoms with Gasteiger partial charge in [-0.05, 0) is 32.0 Å². The standard InChI is InChI=1S/C24H23ClF3N5O6/c1-11(39-12(2)24(26,27)28)19(30-23(36)37)16-9-32-18(29-16)8-15(20(25)31-32)17(10-38-3)33-21(34)13-6-4-5-7-14(13)22(33)35/h4-9,11-12,17,19,30H,10H2,1-3H3,(H,36,37). The van der Waals surface area contributed by atoms with Crippen LogP contribution in [0.4, 0.5) is 18.0 Å². The molecule has 0 radical (unpaired) electrons. The van der Waals surface area contributed by atoms with E-state index in [9.17, 15) is 32.7 Å². The summed E-state index contributed by atoms with van der Waals surface area (Å²) in [7, 11) is 1.38. The number of fused-ring (bicyclic) bond motifs is 2. The molecule has 3 aromatic rings. The van der Waals surface area contributed by atoms with Crippen molar-refractivity contribution < 1.29 is 42.1 Å². The van der Waals surface area contributed by atoms with Crippen molar-refractivity contribution in [3.05, 3.63) is 64.1 Å². The molecular formula is C24H23ClF3N5O6. The molecule has 1 aliphatic rings. The van der Waals surface area contributed by atoms with Crippen molar-refractivity contribution in [2.24, 2.45) is 0 Å². The van der Waals surface area contributed by atoms with Crippen LogP contribution in [0.2, 0.25) is 5.15 Å². The number of halogens is 4. The molecule has 0 aliphatic carbocycles. The number of amides is 3. The van der Waals surface area contributed by atoms with Crippen LogP contribution in [0.1, 0.15) is 57.9 Å². The van der Waals surface area contributed by atoms with Crippen LogP contribution in [0, 0.1) is 0 Å². The van der Waals surface area contributed by atoms with Crippen molar-refractivity contribution in [2.75, 3.05) is 13.7 Å². The molecular weight excluding hydrogens is 547 g/mol. The molecule has 2 N–H and O–H groups in total. The molecule has 4 rings (SSSR count). The number of rotatable bonds is 9. The molecule has 3 heterocycles. The van der Waals surface area contributed by atoms with E-state index in [1.165, 1.54) is 42.9 Å². The van der Waals surface area contributed by atoms with Crippen LogP contribution in [0.25, 0.3) is 5.65 Å². The van der Waals surface area contributed by atoms with Crippen molar-refractivity contribution in [1.82, 2.24) is 24.8 Å². The van der Waals surface area contributed by atoms with Crippen molar-refractivity contribution in [2.45, 2.75) is 44.3 Å². The van der Waals surface area contributed by atoms with Gasteiger partial charge >= 0.3 is 12.3 Å². The molecule has 11 nitrogen and oxygen atoms in total. The third kappa shape index (κ3) is 5.53. The summed E-state index contributed by atoms with van der Waals surface area (Å²) in [6.45, 7) is 1.95. The molecule has 15 heteroatoms. The van der Waals surface area contributed by atoms with Crippen LogP contribution in [0.3, 0.4) is 0 Å². The van der Waals surface area contributed by atoms with E-state index in [-0.39, 0.29) is 39.8 Å². The average molecular weight is 570 g/mol. The number of carboxylic acid groups (broad SMARTS) is 1. The molecule has 39 heavy (non-hydrogen) atoms. The normalized spacial score (nSPS) is 16.7. The number of nitrogens with zero attached hydrogens (tertiary/aromatic N) is 4. The molecule has 2 aromatic heterocycles. The Kier molecular flexibility index (Phi) is 7.82. The van der Waals surface area contributed by atoms with E-state index in [2.05, 4.69) is 15.4 Å². The van der Waals surface area contributed by atoms with Crippen LogP contribution in [-0.4, -0.2) is 74.6 Å². The van der Waals surface area contributed by atoms with Crippen LogP contribution >= 0.6 is 11.6 Å². The first kappa shape index (κ1) is 28.3. The van der Waals surface area contributed by atoms with Gasteiger partial charge in [-0.25, -0.2) is 14.3 Å². The third-order valence-electron chi connectivity index (χ3n) is 6.22. The molecule has 0 saturated carbocycles. The zero-order valence-electron chi connectivity index (χ0n) is 20.8. The quantitative estimate of drug-likeness (QED) is 0.369. The predicted octanol–water partition coefficient (Wildman–Crippen LogP) is 4.03. The maximum Gasteiger partial charge on any atom is 0.414 e. The summed E-state index contributed by atoms with van der Waals surface area (Å²) in [6.07, 6.45) is -8.33. The first-order valence-electron chi connectivity index (χ1n) is 11.6. The number of ether oxygens (including phenoxy) is 2. The lowest BCUT2D eigenvalue weighted by Crippen LogP contribution is -2.40. The predicted molar refractivity (Wildman–Crippen MR) is 130 cm³/mol. The zero-order chi connectivity index (χ0) is 28.6. The smallest absolute Gasteiger partial charge is 0.414 e. The van der Waals surface area contributed by atoms with Gasteiger partial charge in [0.15, 0.2) is 16.9 Å². The monoisotopic (exact) mass is 569 g/mol. The minimum Gasteiger partial charge on any atom is -0.465 e. The van der Waals surface area contributed by atoms with Crippen LogP contribution in [-0.2, 0) is 9.47 Å². The average Bonchev–Trinajstić information content (AvgIpc) is 3.38. The first-order chi connectivity index (χ1) is 18.3. The molecule has 4 atom stereocenters. The third-order valence-corrected chi connectivity index (χ3v) is 6.51. The van der Waals surface area contributed by atoms with Gasteiger partial charge in [0, 0.05) is 12.7 Å². The van der Waals surface area contributed by atoms with Crippen molar-refractivity contribution in [3.8, 4) is 0 Å². The number of alkyl halides is 3. The second-order valence-corrected chi connectivity index (χ2v) is 9.17. The van der Waals surface area contributed by atoms with Crippen LogP contribution in [0.15, 0.2) is 36.5 Å². The Morgan fingerprint density at radius 2 is 1.79 bits per heavy atom. The van der Waals surface area contributed by atoms with E-state index < -0.39 is 48.4 Å². The number of nitrogens with one attached hydrogen (secondary N) is 1. The Morgan fingerprint density at radius 3 is 2.33 bits per heavy atom. The summed E-state index contributed by atoms with van der Waals surface area (Å²) in [5.41, 5.74) is 0.790. The number of aromatic nitrogens is 3. The van der Waals surface area contributed by atoms with E-state index >= 15 is 0 Å². The van der Waals surface area contributed by atoms with E-state index in [1.54, 1.807) is 12.1 Å². The van der Waals surface area contributed by atoms with Crippen molar-refractivity contribution in [3.63, 3.8) is 0 Å². The molecule has 1 aliphatic heterocycles. The van der Waals surface area contributed by atoms with Crippen LogP contribution < -0.4 is 5.32 Å². The summed E-state index contributed by atoms with van der Waals surface area (Å²) < 4.78 is 50.6. The fourth-order valence-electron chi connectivity index (χ4n) is 4.31. The Balaban J connectivity index is 1.72. The summed E-state index contributed by atoms with van der Waals surface area (Å²) in [6, 6.07) is 5.47. The minimum atomic E-state index is -4.66. The fraction of sp³-hybridized carbons (Fsp3) is 0.375. The molecule has 0 saturated heterocycles. The number of hydrogen-bond donors (Lipinski definition) is 2. The van der Waals surface area contributed by atoms with Gasteiger partial charge in [0.1, 0.15) is 6.04 Å². The Labute approximate surface area is 224 Å². The number of imidazole rings is 1. The lowest BCUT2D eigenvalue weighted by Gasteiger charge is -2.26. The maximum absolute atomic E-state index is 13.1. The van der Waals surface area contributed by atoms with Gasteiger partial charge < -0.3 is 19.9 Å². The molecule has 0 spiro atoms. The molecule has 208 valence electrons. The molecule has 1 aromatic carbocycles. The minimum absolute atomic E-state index is 0.00372. The lowest BCUT2D eigenvalue weighted by molar-refractivity contribution is -0.227. The first-order valence-corrected chi connectivity index (χ1v) is 11.9. The van der Waals surface area contributed by atoms with Gasteiger partial charge in [-0.2, -0.15) is 18.3 Å². The Morgan fingerprint density at radius 1 is 1.18 bits per heavy atom. The van der Waals surface area contributed by atoms with E-state index in [0.717, 1.165) is 11.8 Å². The van der Waals surface area contributed by atoms with Gasteiger partial charge in [-0.1, -0.05) is 23.7 Å².